The van der Waals surface area contributed by atoms with Gasteiger partial charge in [-0.1, -0.05) is 12.1 Å². The molecule has 0 radical (unpaired) electrons. The smallest absolute Gasteiger partial charge is 0.231 e. The number of anilines is 1. The van der Waals surface area contributed by atoms with Gasteiger partial charge >= 0.3 is 0 Å². The van der Waals surface area contributed by atoms with Gasteiger partial charge in [-0.2, -0.15) is 0 Å². The number of hydrogen-bond acceptors (Lipinski definition) is 4. The number of amides is 1. The summed E-state index contributed by atoms with van der Waals surface area (Å²) in [6, 6.07) is 7.37. The van der Waals surface area contributed by atoms with Crippen LogP contribution in [-0.4, -0.2) is 32.0 Å². The van der Waals surface area contributed by atoms with Gasteiger partial charge in [-0.3, -0.25) is 4.79 Å². The summed E-state index contributed by atoms with van der Waals surface area (Å²) in [4.78, 5) is 12.1. The number of nitrogens with one attached hydrogen (secondary N) is 1. The molecule has 0 aliphatic rings. The van der Waals surface area contributed by atoms with Crippen LogP contribution in [-0.2, 0) is 11.8 Å². The van der Waals surface area contributed by atoms with Crippen LogP contribution in [0, 0.1) is 5.41 Å². The summed E-state index contributed by atoms with van der Waals surface area (Å²) in [6.07, 6.45) is 0. The summed E-state index contributed by atoms with van der Waals surface area (Å²) < 4.78 is 1.57. The predicted molar refractivity (Wildman–Crippen MR) is 77.4 cm³/mol. The monoisotopic (exact) mass is 293 g/mol. The number of aromatic nitrogens is 4. The van der Waals surface area contributed by atoms with E-state index in [1.165, 1.54) is 0 Å². The lowest BCUT2D eigenvalue weighted by Crippen LogP contribution is -2.32. The molecule has 0 aliphatic carbocycles. The highest BCUT2D eigenvalue weighted by molar-refractivity contribution is 6.20. The van der Waals surface area contributed by atoms with E-state index < -0.39 is 5.41 Å². The second-order valence-corrected chi connectivity index (χ2v) is 5.45. The first-order chi connectivity index (χ1) is 9.44. The molecule has 0 fully saturated rings. The minimum atomic E-state index is -0.621. The number of alkyl halides is 1. The maximum absolute atomic E-state index is 12.1. The minimum absolute atomic E-state index is 0.124. The molecule has 0 aliphatic heterocycles. The maximum atomic E-state index is 12.1. The van der Waals surface area contributed by atoms with Crippen LogP contribution in [0.2, 0.25) is 0 Å². The Bertz CT molecular complexity index is 623. The van der Waals surface area contributed by atoms with Crippen molar-refractivity contribution in [2.45, 2.75) is 13.8 Å². The minimum Gasteiger partial charge on any atom is -0.326 e. The largest absolute Gasteiger partial charge is 0.326 e. The predicted octanol–water partition coefficient (Wildman–Crippen LogP) is 2.08. The van der Waals surface area contributed by atoms with Gasteiger partial charge in [0, 0.05) is 24.2 Å². The van der Waals surface area contributed by atoms with Gasteiger partial charge in [-0.25, -0.2) is 4.68 Å². The number of benzene rings is 1. The molecular weight excluding hydrogens is 278 g/mol. The van der Waals surface area contributed by atoms with Crippen LogP contribution < -0.4 is 5.32 Å². The summed E-state index contributed by atoms with van der Waals surface area (Å²) in [5.41, 5.74) is 0.900. The molecule has 1 aromatic heterocycles. The van der Waals surface area contributed by atoms with Crippen LogP contribution in [0.5, 0.6) is 0 Å². The number of aryl methyl sites for hydroxylation is 1. The van der Waals surface area contributed by atoms with Gasteiger partial charge < -0.3 is 5.32 Å². The second-order valence-electron chi connectivity index (χ2n) is 5.18. The Morgan fingerprint density at radius 1 is 1.45 bits per heavy atom. The molecule has 7 heteroatoms. The number of nitrogens with zero attached hydrogens (tertiary/aromatic N) is 4. The molecule has 1 aromatic carbocycles. The lowest BCUT2D eigenvalue weighted by Gasteiger charge is -2.20. The van der Waals surface area contributed by atoms with Crippen LogP contribution in [0.25, 0.3) is 11.4 Å². The van der Waals surface area contributed by atoms with Crippen molar-refractivity contribution in [1.82, 2.24) is 20.2 Å². The Balaban J connectivity index is 2.23. The number of carbonyl (C=O) groups excluding carboxylic acids is 1. The Morgan fingerprint density at radius 2 is 2.20 bits per heavy atom. The molecule has 2 aromatic rings. The number of tetrazole rings is 1. The lowest BCUT2D eigenvalue weighted by molar-refractivity contribution is -0.122. The summed E-state index contributed by atoms with van der Waals surface area (Å²) in [5.74, 6) is 0.768. The Hall–Kier alpha value is -1.95. The van der Waals surface area contributed by atoms with Gasteiger partial charge in [0.25, 0.3) is 0 Å². The van der Waals surface area contributed by atoms with Gasteiger partial charge in [-0.15, -0.1) is 16.7 Å². The molecule has 0 spiro atoms. The zero-order chi connectivity index (χ0) is 14.8. The third kappa shape index (κ3) is 2.96. The average molecular weight is 294 g/mol. The van der Waals surface area contributed by atoms with E-state index in [0.29, 0.717) is 11.5 Å². The maximum Gasteiger partial charge on any atom is 0.231 e. The van der Waals surface area contributed by atoms with Crippen LogP contribution in [0.15, 0.2) is 24.3 Å². The molecule has 6 nitrogen and oxygen atoms in total. The molecular formula is C13H16ClN5O. The molecule has 0 saturated carbocycles. The topological polar surface area (TPSA) is 72.7 Å². The van der Waals surface area contributed by atoms with E-state index in [2.05, 4.69) is 20.8 Å². The lowest BCUT2D eigenvalue weighted by atomic mass is 9.95. The first kappa shape index (κ1) is 14.5. The highest BCUT2D eigenvalue weighted by Crippen LogP contribution is 2.23. The summed E-state index contributed by atoms with van der Waals surface area (Å²) >= 11 is 5.80. The van der Waals surface area contributed by atoms with E-state index in [9.17, 15) is 4.79 Å². The van der Waals surface area contributed by atoms with E-state index in [0.717, 1.165) is 5.56 Å². The third-order valence-corrected chi connectivity index (χ3v) is 3.62. The van der Waals surface area contributed by atoms with Crippen molar-refractivity contribution in [3.63, 3.8) is 0 Å². The molecule has 106 valence electrons. The first-order valence-electron chi connectivity index (χ1n) is 6.14. The van der Waals surface area contributed by atoms with E-state index in [1.54, 1.807) is 25.6 Å². The van der Waals surface area contributed by atoms with E-state index in [1.807, 2.05) is 24.3 Å². The zero-order valence-corrected chi connectivity index (χ0v) is 12.3. The van der Waals surface area contributed by atoms with Crippen LogP contribution in [0.4, 0.5) is 5.69 Å². The van der Waals surface area contributed by atoms with Crippen molar-refractivity contribution in [2.75, 3.05) is 11.2 Å². The van der Waals surface area contributed by atoms with Gasteiger partial charge in [0.15, 0.2) is 5.82 Å². The number of halogens is 1. The molecule has 20 heavy (non-hydrogen) atoms. The molecule has 2 rings (SSSR count). The highest BCUT2D eigenvalue weighted by Gasteiger charge is 2.26. The van der Waals surface area contributed by atoms with E-state index >= 15 is 0 Å². The van der Waals surface area contributed by atoms with Crippen molar-refractivity contribution in [3.8, 4) is 11.4 Å². The second kappa shape index (κ2) is 5.58. The number of carbonyl (C=O) groups is 1. The fourth-order valence-electron chi connectivity index (χ4n) is 1.57. The SMILES string of the molecule is Cn1nnnc1-c1cccc(NC(=O)C(C)(C)CCl)c1. The Labute approximate surface area is 122 Å². The molecule has 1 N–H and O–H groups in total. The third-order valence-electron chi connectivity index (χ3n) is 2.95. The zero-order valence-electron chi connectivity index (χ0n) is 11.6. The quantitative estimate of drug-likeness (QED) is 0.876. The van der Waals surface area contributed by atoms with Gasteiger partial charge in [-0.05, 0) is 36.4 Å². The molecule has 0 bridgehead atoms. The van der Waals surface area contributed by atoms with Gasteiger partial charge in [0.2, 0.25) is 5.91 Å². The molecule has 1 amide bonds. The van der Waals surface area contributed by atoms with Crippen LogP contribution in [0.3, 0.4) is 0 Å². The van der Waals surface area contributed by atoms with Gasteiger partial charge in [0.1, 0.15) is 0 Å². The van der Waals surface area contributed by atoms with Crippen molar-refractivity contribution in [3.05, 3.63) is 24.3 Å². The molecule has 1 heterocycles. The van der Waals surface area contributed by atoms with Crippen molar-refractivity contribution in [1.29, 1.82) is 0 Å². The fraction of sp³-hybridized carbons (Fsp3) is 0.385. The highest BCUT2D eigenvalue weighted by atomic mass is 35.5. The summed E-state index contributed by atoms with van der Waals surface area (Å²) in [7, 11) is 1.76. The van der Waals surface area contributed by atoms with E-state index in [4.69, 9.17) is 11.6 Å². The normalized spacial score (nSPS) is 11.4. The van der Waals surface area contributed by atoms with Crippen molar-refractivity contribution < 1.29 is 4.79 Å². The van der Waals surface area contributed by atoms with Crippen molar-refractivity contribution in [2.24, 2.45) is 12.5 Å². The molecule has 0 unspecified atom stereocenters. The first-order valence-corrected chi connectivity index (χ1v) is 6.68. The van der Waals surface area contributed by atoms with E-state index in [-0.39, 0.29) is 11.8 Å². The Morgan fingerprint density at radius 3 is 2.80 bits per heavy atom. The fourth-order valence-corrected chi connectivity index (χ4v) is 1.69. The standard InChI is InChI=1S/C13H16ClN5O/c1-13(2,8-14)12(20)15-10-6-4-5-9(7-10)11-16-17-18-19(11)3/h4-7H,8H2,1-3H3,(H,15,20). The van der Waals surface area contributed by atoms with Crippen LogP contribution in [0.1, 0.15) is 13.8 Å². The number of rotatable bonds is 4. The summed E-state index contributed by atoms with van der Waals surface area (Å²) in [6.45, 7) is 3.59. The van der Waals surface area contributed by atoms with Crippen molar-refractivity contribution >= 4 is 23.2 Å². The van der Waals surface area contributed by atoms with Gasteiger partial charge in [0.05, 0.1) is 5.41 Å². The number of hydrogen-bond donors (Lipinski definition) is 1. The van der Waals surface area contributed by atoms with Crippen LogP contribution >= 0.6 is 11.6 Å². The summed E-state index contributed by atoms with van der Waals surface area (Å²) in [5, 5.41) is 14.2. The molecule has 0 saturated heterocycles. The average Bonchev–Trinajstić information content (AvgIpc) is 2.85. The Kier molecular flexibility index (Phi) is 4.04. The molecule has 0 atom stereocenters.